The summed E-state index contributed by atoms with van der Waals surface area (Å²) in [4.78, 5) is 50.8. The van der Waals surface area contributed by atoms with Crippen molar-refractivity contribution in [1.82, 2.24) is 0 Å². The predicted octanol–water partition coefficient (Wildman–Crippen LogP) is 0.104. The van der Waals surface area contributed by atoms with Gasteiger partial charge in [-0.2, -0.15) is 0 Å². The van der Waals surface area contributed by atoms with E-state index < -0.39 is 54.6 Å². The Hall–Kier alpha value is -2.56. The van der Waals surface area contributed by atoms with Crippen LogP contribution in [0.4, 0.5) is 0 Å². The van der Waals surface area contributed by atoms with Crippen LogP contribution in [-0.2, 0) is 47.7 Å². The Bertz CT molecular complexity index is 632. The lowest BCUT2D eigenvalue weighted by Gasteiger charge is -2.43. The van der Waals surface area contributed by atoms with Gasteiger partial charge in [0.25, 0.3) is 0 Å². The van der Waals surface area contributed by atoms with Crippen LogP contribution >= 0.6 is 12.2 Å². The van der Waals surface area contributed by atoms with Gasteiger partial charge in [0.2, 0.25) is 12.4 Å². The summed E-state index contributed by atoms with van der Waals surface area (Å²) in [6.07, 6.45) is -6.51. The molecule has 0 radical (unpaired) electrons. The van der Waals surface area contributed by atoms with Crippen molar-refractivity contribution in [2.45, 2.75) is 58.4 Å². The van der Waals surface area contributed by atoms with E-state index in [-0.39, 0.29) is 6.61 Å². The van der Waals surface area contributed by atoms with Crippen molar-refractivity contribution in [2.24, 2.45) is 5.16 Å². The molecular formula is C15H19NO10S. The quantitative estimate of drug-likeness (QED) is 0.187. The van der Waals surface area contributed by atoms with Crippen molar-refractivity contribution in [1.29, 1.82) is 0 Å². The zero-order valence-corrected chi connectivity index (χ0v) is 15.8. The van der Waals surface area contributed by atoms with Gasteiger partial charge in [-0.05, 0) is 17.4 Å². The van der Waals surface area contributed by atoms with E-state index in [0.29, 0.717) is 0 Å². The first-order chi connectivity index (χ1) is 12.6. The zero-order chi connectivity index (χ0) is 20.6. The number of thiocarbonyl (C=S) groups is 1. The molecule has 0 unspecified atom stereocenters. The molecule has 0 aromatic heterocycles. The van der Waals surface area contributed by atoms with Crippen LogP contribution in [0.3, 0.4) is 0 Å². The van der Waals surface area contributed by atoms with Gasteiger partial charge >= 0.3 is 23.9 Å². The van der Waals surface area contributed by atoms with Gasteiger partial charge in [-0.1, -0.05) is 0 Å². The SMILES string of the molecule is CC(=O)O[C@@H]1O[C@H](CON=C=S)[C@H](OC(C)=O)[C@@H](OC(C)=O)[C@H]1OC(C)=O. The van der Waals surface area contributed by atoms with E-state index in [1.165, 1.54) is 0 Å². The van der Waals surface area contributed by atoms with Gasteiger partial charge < -0.3 is 28.5 Å². The van der Waals surface area contributed by atoms with Gasteiger partial charge in [-0.3, -0.25) is 19.2 Å². The average Bonchev–Trinajstić information content (AvgIpc) is 2.52. The zero-order valence-electron chi connectivity index (χ0n) is 15.0. The summed E-state index contributed by atoms with van der Waals surface area (Å²) in [6.45, 7) is 4.11. The number of rotatable bonds is 7. The van der Waals surface area contributed by atoms with Crippen LogP contribution in [0.25, 0.3) is 0 Å². The number of ether oxygens (including phenoxy) is 5. The molecule has 12 heteroatoms. The number of esters is 4. The highest BCUT2D eigenvalue weighted by molar-refractivity contribution is 7.78. The molecule has 1 saturated heterocycles. The summed E-state index contributed by atoms with van der Waals surface area (Å²) in [6, 6.07) is 0. The maximum atomic E-state index is 11.5. The minimum Gasteiger partial charge on any atom is -0.455 e. The Morgan fingerprint density at radius 2 is 1.33 bits per heavy atom. The van der Waals surface area contributed by atoms with Crippen molar-refractivity contribution in [3.05, 3.63) is 0 Å². The van der Waals surface area contributed by atoms with E-state index in [1.807, 2.05) is 5.16 Å². The van der Waals surface area contributed by atoms with Crippen molar-refractivity contribution in [3.63, 3.8) is 0 Å². The third kappa shape index (κ3) is 7.29. The molecule has 1 aliphatic rings. The third-order valence-corrected chi connectivity index (χ3v) is 3.19. The molecule has 0 saturated carbocycles. The minimum atomic E-state index is -1.45. The molecule has 1 rings (SSSR count). The number of hydrogen-bond acceptors (Lipinski definition) is 12. The van der Waals surface area contributed by atoms with E-state index in [4.69, 9.17) is 28.5 Å². The van der Waals surface area contributed by atoms with Gasteiger partial charge in [-0.15, -0.1) is 0 Å². The van der Waals surface area contributed by atoms with Crippen LogP contribution in [-0.4, -0.2) is 66.4 Å². The fourth-order valence-electron chi connectivity index (χ4n) is 2.38. The van der Waals surface area contributed by atoms with Crippen LogP contribution in [0.5, 0.6) is 0 Å². The Morgan fingerprint density at radius 3 is 1.81 bits per heavy atom. The normalized spacial score (nSPS) is 26.7. The monoisotopic (exact) mass is 405 g/mol. The van der Waals surface area contributed by atoms with E-state index in [0.717, 1.165) is 27.7 Å². The molecule has 1 aliphatic heterocycles. The largest absolute Gasteiger partial charge is 0.455 e. The van der Waals surface area contributed by atoms with E-state index in [1.54, 1.807) is 0 Å². The lowest BCUT2D eigenvalue weighted by atomic mass is 9.98. The van der Waals surface area contributed by atoms with Crippen molar-refractivity contribution in [2.75, 3.05) is 6.61 Å². The number of nitrogens with zero attached hydrogens (tertiary/aromatic N) is 1. The van der Waals surface area contributed by atoms with E-state index >= 15 is 0 Å². The van der Waals surface area contributed by atoms with E-state index in [9.17, 15) is 19.2 Å². The highest BCUT2D eigenvalue weighted by atomic mass is 32.1. The van der Waals surface area contributed by atoms with Crippen LogP contribution in [0.2, 0.25) is 0 Å². The highest BCUT2D eigenvalue weighted by Crippen LogP contribution is 2.29. The molecule has 11 nitrogen and oxygen atoms in total. The topological polar surface area (TPSA) is 136 Å². The van der Waals surface area contributed by atoms with Crippen molar-refractivity contribution >= 4 is 41.3 Å². The van der Waals surface area contributed by atoms with Crippen molar-refractivity contribution in [3.8, 4) is 0 Å². The van der Waals surface area contributed by atoms with Gasteiger partial charge in [-0.25, -0.2) is 0 Å². The smallest absolute Gasteiger partial charge is 0.305 e. The molecular weight excluding hydrogens is 386 g/mol. The summed E-state index contributed by atoms with van der Waals surface area (Å²) in [7, 11) is 0. The maximum Gasteiger partial charge on any atom is 0.305 e. The van der Waals surface area contributed by atoms with Gasteiger partial charge in [0.05, 0.1) is 0 Å². The number of isothiocyanates is 1. The van der Waals surface area contributed by atoms with Crippen LogP contribution in [0.1, 0.15) is 27.7 Å². The molecule has 0 aromatic rings. The summed E-state index contributed by atoms with van der Waals surface area (Å²) >= 11 is 4.38. The molecule has 150 valence electrons. The lowest BCUT2D eigenvalue weighted by Crippen LogP contribution is -2.63. The molecule has 0 bridgehead atoms. The summed E-state index contributed by atoms with van der Waals surface area (Å²) in [5.41, 5.74) is 0. The molecule has 0 amide bonds. The summed E-state index contributed by atoms with van der Waals surface area (Å²) in [5.74, 6) is -2.99. The molecule has 0 aromatic carbocycles. The Labute approximate surface area is 159 Å². The molecule has 0 spiro atoms. The second kappa shape index (κ2) is 10.6. The fraction of sp³-hybridized carbons (Fsp3) is 0.667. The van der Waals surface area contributed by atoms with E-state index in [2.05, 4.69) is 17.4 Å². The number of carbonyl (C=O) groups is 4. The van der Waals surface area contributed by atoms with Crippen LogP contribution < -0.4 is 0 Å². The maximum absolute atomic E-state index is 11.5. The van der Waals surface area contributed by atoms with Gasteiger partial charge in [0, 0.05) is 27.7 Å². The Balaban J connectivity index is 3.28. The third-order valence-electron chi connectivity index (χ3n) is 3.12. The first kappa shape index (κ1) is 22.5. The molecule has 5 atom stereocenters. The number of carbonyl (C=O) groups excluding carboxylic acids is 4. The van der Waals surface area contributed by atoms with Gasteiger partial charge in [0.15, 0.2) is 12.2 Å². The first-order valence-electron chi connectivity index (χ1n) is 7.69. The first-order valence-corrected chi connectivity index (χ1v) is 8.10. The Morgan fingerprint density at radius 1 is 0.852 bits per heavy atom. The van der Waals surface area contributed by atoms with Crippen molar-refractivity contribution < 1.29 is 47.7 Å². The molecule has 1 heterocycles. The Kier molecular flexibility index (Phi) is 8.79. The summed E-state index contributed by atoms with van der Waals surface area (Å²) < 4.78 is 26.0. The molecule has 27 heavy (non-hydrogen) atoms. The number of hydrogen-bond donors (Lipinski definition) is 0. The fourth-order valence-corrected chi connectivity index (χ4v) is 2.44. The molecule has 0 N–H and O–H groups in total. The average molecular weight is 405 g/mol. The minimum absolute atomic E-state index is 0.316. The standard InChI is InChI=1S/C15H19NO10S/c1-7(17)22-12-11(5-21-16-6-27)26-15(25-10(4)20)14(24-9(3)19)13(12)23-8(2)18/h11-15H,5H2,1-4H3/t11-,12+,13-,14-,15-/m1/s1. The van der Waals surface area contributed by atoms with Crippen LogP contribution in [0.15, 0.2) is 5.16 Å². The molecule has 0 aliphatic carbocycles. The molecule has 1 fully saturated rings. The highest BCUT2D eigenvalue weighted by Gasteiger charge is 2.53. The van der Waals surface area contributed by atoms with Gasteiger partial charge in [0.1, 0.15) is 17.9 Å². The second-order valence-corrected chi connectivity index (χ2v) is 5.54. The summed E-state index contributed by atoms with van der Waals surface area (Å²) in [5, 5.41) is 5.23. The van der Waals surface area contributed by atoms with Crippen LogP contribution in [0, 0.1) is 0 Å². The predicted molar refractivity (Wildman–Crippen MR) is 88.1 cm³/mol. The second-order valence-electron chi connectivity index (χ2n) is 5.35. The lowest BCUT2D eigenvalue weighted by molar-refractivity contribution is -0.301.